The molecule has 1 saturated heterocycles. The molecular weight excluding hydrogens is 451 g/mol. The van der Waals surface area contributed by atoms with Crippen molar-refractivity contribution in [2.45, 2.75) is 91.4 Å². The molecule has 1 aliphatic carbocycles. The number of nitrogens with one attached hydrogen (secondary N) is 2. The van der Waals surface area contributed by atoms with Crippen molar-refractivity contribution < 1.29 is 13.2 Å². The highest BCUT2D eigenvalue weighted by Gasteiger charge is 2.37. The van der Waals surface area contributed by atoms with Crippen molar-refractivity contribution in [3.63, 3.8) is 0 Å². The zero-order valence-electron chi connectivity index (χ0n) is 21.7. The molecule has 1 unspecified atom stereocenters. The summed E-state index contributed by atoms with van der Waals surface area (Å²) in [5.74, 6) is 3.00. The summed E-state index contributed by atoms with van der Waals surface area (Å²) in [6, 6.07) is 2.86. The Morgan fingerprint density at radius 1 is 1.06 bits per heavy atom. The highest BCUT2D eigenvalue weighted by Crippen LogP contribution is 2.39. The van der Waals surface area contributed by atoms with Crippen molar-refractivity contribution in [1.82, 2.24) is 15.6 Å². The number of aliphatic imine (C=N–C) groups is 1. The van der Waals surface area contributed by atoms with Crippen LogP contribution in [0.3, 0.4) is 0 Å². The van der Waals surface area contributed by atoms with Gasteiger partial charge in [-0.05, 0) is 67.6 Å². The summed E-state index contributed by atoms with van der Waals surface area (Å²) in [7, 11) is 0. The number of hydrogen-bond donors (Lipinski definition) is 2. The van der Waals surface area contributed by atoms with Crippen LogP contribution in [0.2, 0.25) is 0 Å². The third kappa shape index (κ3) is 5.95. The Labute approximate surface area is 207 Å². The highest BCUT2D eigenvalue weighted by atomic mass is 19.4. The average Bonchev–Trinajstić information content (AvgIpc) is 3.01. The number of alkyl halides is 3. The number of rotatable bonds is 4. The van der Waals surface area contributed by atoms with Gasteiger partial charge in [-0.1, -0.05) is 34.6 Å². The Morgan fingerprint density at radius 3 is 2.40 bits per heavy atom. The molecule has 2 fully saturated rings. The van der Waals surface area contributed by atoms with Crippen molar-refractivity contribution in [2.24, 2.45) is 22.2 Å². The average molecular weight is 492 g/mol. The number of hydrogen-bond acceptors (Lipinski definition) is 5. The lowest BCUT2D eigenvalue weighted by Crippen LogP contribution is -2.46. The van der Waals surface area contributed by atoms with Gasteiger partial charge in [0.25, 0.3) is 0 Å². The lowest BCUT2D eigenvalue weighted by Gasteiger charge is -2.39. The van der Waals surface area contributed by atoms with Crippen LogP contribution in [0, 0.1) is 17.3 Å². The Balaban J connectivity index is 1.55. The Morgan fingerprint density at radius 2 is 1.77 bits per heavy atom. The lowest BCUT2D eigenvalue weighted by molar-refractivity contribution is -0.137. The zero-order valence-corrected chi connectivity index (χ0v) is 21.7. The molecule has 1 saturated carbocycles. The van der Waals surface area contributed by atoms with Gasteiger partial charge in [-0.2, -0.15) is 13.2 Å². The predicted octanol–water partition coefficient (Wildman–Crippen LogP) is 6.13. The molecule has 0 radical (unpaired) electrons. The second kappa shape index (κ2) is 10.0. The molecule has 2 aliphatic heterocycles. The van der Waals surface area contributed by atoms with Gasteiger partial charge < -0.3 is 15.5 Å². The zero-order chi connectivity index (χ0) is 25.4. The number of halogens is 3. The summed E-state index contributed by atoms with van der Waals surface area (Å²) in [5, 5.41) is 7.37. The molecule has 1 aromatic heterocycles. The van der Waals surface area contributed by atoms with Gasteiger partial charge in [0.1, 0.15) is 17.5 Å². The maximum Gasteiger partial charge on any atom is 0.419 e. The molecule has 1 atom stereocenters. The molecule has 4 rings (SSSR count). The molecule has 3 aliphatic rings. The van der Waals surface area contributed by atoms with Crippen LogP contribution < -0.4 is 15.5 Å². The van der Waals surface area contributed by atoms with E-state index in [1.165, 1.54) is 30.7 Å². The van der Waals surface area contributed by atoms with Crippen LogP contribution in [0.25, 0.3) is 0 Å². The molecule has 0 spiro atoms. The van der Waals surface area contributed by atoms with E-state index in [1.54, 1.807) is 4.90 Å². The summed E-state index contributed by atoms with van der Waals surface area (Å²) in [6.45, 7) is 12.2. The van der Waals surface area contributed by atoms with E-state index in [9.17, 15) is 13.2 Å². The van der Waals surface area contributed by atoms with E-state index in [1.807, 2.05) is 0 Å². The van der Waals surface area contributed by atoms with Crippen molar-refractivity contribution in [3.8, 4) is 0 Å². The van der Waals surface area contributed by atoms with E-state index in [0.717, 1.165) is 36.5 Å². The van der Waals surface area contributed by atoms with Crippen LogP contribution in [0.5, 0.6) is 0 Å². The smallest absolute Gasteiger partial charge is 0.369 e. The molecule has 194 valence electrons. The first-order valence-corrected chi connectivity index (χ1v) is 13.0. The molecule has 3 heterocycles. The Hall–Kier alpha value is -2.25. The Bertz CT molecular complexity index is 952. The summed E-state index contributed by atoms with van der Waals surface area (Å²) >= 11 is 0. The number of nitrogens with zero attached hydrogens (tertiary/aromatic N) is 3. The monoisotopic (exact) mass is 491 g/mol. The summed E-state index contributed by atoms with van der Waals surface area (Å²) in [6.07, 6.45) is 3.04. The second-order valence-electron chi connectivity index (χ2n) is 11.7. The summed E-state index contributed by atoms with van der Waals surface area (Å²) < 4.78 is 40.9. The van der Waals surface area contributed by atoms with Gasteiger partial charge in [-0.3, -0.25) is 4.99 Å². The van der Waals surface area contributed by atoms with Crippen LogP contribution in [-0.2, 0) is 6.18 Å². The van der Waals surface area contributed by atoms with Gasteiger partial charge in [0.2, 0.25) is 0 Å². The third-order valence-electron chi connectivity index (χ3n) is 7.83. The minimum Gasteiger partial charge on any atom is -0.369 e. The van der Waals surface area contributed by atoms with Crippen molar-refractivity contribution in [2.75, 3.05) is 18.0 Å². The van der Waals surface area contributed by atoms with Crippen LogP contribution in [0.4, 0.5) is 19.0 Å². The number of pyridine rings is 1. The number of aromatic nitrogens is 1. The second-order valence-corrected chi connectivity index (χ2v) is 11.7. The fraction of sp³-hybridized carbons (Fsp3) is 0.704. The SMILES string of the molecule is CC(C)C1=NC2CCN(c3ncccc3C(F)(F)F)CCC2=C(NC2CCC(C(C)(C)C)CC2)N1. The van der Waals surface area contributed by atoms with Crippen LogP contribution >= 0.6 is 0 Å². The van der Waals surface area contributed by atoms with Gasteiger partial charge in [0.15, 0.2) is 0 Å². The van der Waals surface area contributed by atoms with E-state index >= 15 is 0 Å². The van der Waals surface area contributed by atoms with Crippen LogP contribution in [-0.4, -0.2) is 36.0 Å². The molecule has 0 amide bonds. The number of fused-ring (bicyclic) bond motifs is 1. The molecule has 35 heavy (non-hydrogen) atoms. The van der Waals surface area contributed by atoms with Gasteiger partial charge in [-0.25, -0.2) is 4.98 Å². The van der Waals surface area contributed by atoms with E-state index in [-0.39, 0.29) is 17.8 Å². The summed E-state index contributed by atoms with van der Waals surface area (Å²) in [4.78, 5) is 10.9. The van der Waals surface area contributed by atoms with Crippen molar-refractivity contribution >= 4 is 11.7 Å². The molecule has 5 nitrogen and oxygen atoms in total. The first-order valence-electron chi connectivity index (χ1n) is 13.0. The van der Waals surface area contributed by atoms with Crippen LogP contribution in [0.1, 0.15) is 78.7 Å². The normalized spacial score (nSPS) is 26.1. The fourth-order valence-electron chi connectivity index (χ4n) is 5.64. The van der Waals surface area contributed by atoms with E-state index in [4.69, 9.17) is 4.99 Å². The molecule has 2 N–H and O–H groups in total. The standard InChI is InChI=1S/C27H40F3N5/c1-17(2)23-33-22-13-16-35(25-21(27(28,29)30)7-6-14-31-25)15-12-20(22)24(34-23)32-19-10-8-18(9-11-19)26(3,4)5/h6-7,14,17-19,22,32H,8-13,15-16H2,1-5H3,(H,33,34). The van der Waals surface area contributed by atoms with Gasteiger partial charge in [0, 0.05) is 31.2 Å². The molecule has 0 aromatic carbocycles. The maximum absolute atomic E-state index is 13.6. The summed E-state index contributed by atoms with van der Waals surface area (Å²) in [5.41, 5.74) is 0.848. The van der Waals surface area contributed by atoms with Crippen molar-refractivity contribution in [1.29, 1.82) is 0 Å². The molecular formula is C27H40F3N5. The minimum absolute atomic E-state index is 0.0230. The fourth-order valence-corrected chi connectivity index (χ4v) is 5.64. The third-order valence-corrected chi connectivity index (χ3v) is 7.83. The topological polar surface area (TPSA) is 52.6 Å². The highest BCUT2D eigenvalue weighted by molar-refractivity contribution is 5.87. The molecule has 8 heteroatoms. The molecule has 0 bridgehead atoms. The predicted molar refractivity (Wildman–Crippen MR) is 135 cm³/mol. The van der Waals surface area contributed by atoms with E-state index in [2.05, 4.69) is 50.2 Å². The first kappa shape index (κ1) is 25.8. The quantitative estimate of drug-likeness (QED) is 0.532. The first-order chi connectivity index (χ1) is 16.4. The maximum atomic E-state index is 13.6. The number of amidine groups is 1. The van der Waals surface area contributed by atoms with Crippen molar-refractivity contribution in [3.05, 3.63) is 35.3 Å². The minimum atomic E-state index is -4.43. The van der Waals surface area contributed by atoms with Gasteiger partial charge >= 0.3 is 6.18 Å². The molecule has 1 aromatic rings. The van der Waals surface area contributed by atoms with Crippen LogP contribution in [0.15, 0.2) is 34.7 Å². The lowest BCUT2D eigenvalue weighted by atomic mass is 9.71. The Kier molecular flexibility index (Phi) is 7.39. The number of anilines is 1. The van der Waals surface area contributed by atoms with E-state index in [0.29, 0.717) is 37.4 Å². The van der Waals surface area contributed by atoms with Gasteiger partial charge in [0.05, 0.1) is 11.6 Å². The van der Waals surface area contributed by atoms with Gasteiger partial charge in [-0.15, -0.1) is 0 Å². The van der Waals surface area contributed by atoms with E-state index < -0.39 is 11.7 Å². The largest absolute Gasteiger partial charge is 0.419 e.